The molecule has 192 valence electrons. The van der Waals surface area contributed by atoms with Gasteiger partial charge in [0, 0.05) is 43.0 Å². The van der Waals surface area contributed by atoms with Crippen molar-refractivity contribution in [3.8, 4) is 11.4 Å². The molecule has 36 heavy (non-hydrogen) atoms. The van der Waals surface area contributed by atoms with Crippen LogP contribution in [0.5, 0.6) is 0 Å². The monoisotopic (exact) mass is 494 g/mol. The van der Waals surface area contributed by atoms with Gasteiger partial charge in [-0.25, -0.2) is 14.8 Å². The van der Waals surface area contributed by atoms with Gasteiger partial charge in [-0.1, -0.05) is 0 Å². The number of rotatable bonds is 5. The number of hydrogen-bond donors (Lipinski definition) is 2. The summed E-state index contributed by atoms with van der Waals surface area (Å²) in [6.45, 7) is 8.98. The SMILES string of the molecule is C[C@@H]1CN(C(=O)c2cc(N3CCOC[C@@H]3C)nc(-c3ccc(NC(=O)NC4CC4)cc3)n2)C[C@H](C)O1. The van der Waals surface area contributed by atoms with Crippen molar-refractivity contribution in [3.63, 3.8) is 0 Å². The second-order valence-electron chi connectivity index (χ2n) is 9.97. The largest absolute Gasteiger partial charge is 0.377 e. The highest BCUT2D eigenvalue weighted by molar-refractivity contribution is 5.94. The van der Waals surface area contributed by atoms with Crippen molar-refractivity contribution >= 4 is 23.4 Å². The first-order valence-corrected chi connectivity index (χ1v) is 12.7. The molecule has 2 N–H and O–H groups in total. The van der Waals surface area contributed by atoms with Gasteiger partial charge in [-0.05, 0) is 57.9 Å². The maximum Gasteiger partial charge on any atom is 0.319 e. The molecule has 3 atom stereocenters. The topological polar surface area (TPSA) is 109 Å². The second-order valence-corrected chi connectivity index (χ2v) is 9.97. The lowest BCUT2D eigenvalue weighted by Gasteiger charge is -2.36. The highest BCUT2D eigenvalue weighted by atomic mass is 16.5. The van der Waals surface area contributed by atoms with Crippen LogP contribution in [0.25, 0.3) is 11.4 Å². The van der Waals surface area contributed by atoms with E-state index >= 15 is 0 Å². The number of urea groups is 1. The average Bonchev–Trinajstić information content (AvgIpc) is 3.67. The van der Waals surface area contributed by atoms with Gasteiger partial charge in [0.2, 0.25) is 0 Å². The number of morpholine rings is 2. The number of aromatic nitrogens is 2. The molecule has 1 aromatic heterocycles. The van der Waals surface area contributed by atoms with Gasteiger partial charge >= 0.3 is 6.03 Å². The highest BCUT2D eigenvalue weighted by Crippen LogP contribution is 2.26. The van der Waals surface area contributed by atoms with E-state index in [0.29, 0.717) is 55.9 Å². The molecule has 3 heterocycles. The van der Waals surface area contributed by atoms with E-state index < -0.39 is 0 Å². The van der Waals surface area contributed by atoms with Gasteiger partial charge in [-0.2, -0.15) is 0 Å². The molecule has 1 aromatic carbocycles. The number of anilines is 2. The van der Waals surface area contributed by atoms with Crippen LogP contribution in [0, 0.1) is 0 Å². The van der Waals surface area contributed by atoms with Gasteiger partial charge in [0.1, 0.15) is 11.5 Å². The Morgan fingerprint density at radius 3 is 2.42 bits per heavy atom. The fourth-order valence-electron chi connectivity index (χ4n) is 4.68. The Bertz CT molecular complexity index is 1100. The van der Waals surface area contributed by atoms with Crippen LogP contribution < -0.4 is 15.5 Å². The lowest BCUT2D eigenvalue weighted by atomic mass is 10.1. The Morgan fingerprint density at radius 1 is 1.03 bits per heavy atom. The van der Waals surface area contributed by atoms with Crippen LogP contribution in [0.2, 0.25) is 0 Å². The first-order valence-electron chi connectivity index (χ1n) is 12.7. The Kier molecular flexibility index (Phi) is 7.06. The second kappa shape index (κ2) is 10.4. The Balaban J connectivity index is 1.43. The zero-order chi connectivity index (χ0) is 25.2. The summed E-state index contributed by atoms with van der Waals surface area (Å²) in [6.07, 6.45) is 2.00. The number of carbonyl (C=O) groups excluding carboxylic acids is 2. The minimum atomic E-state index is -0.202. The lowest BCUT2D eigenvalue weighted by molar-refractivity contribution is -0.0587. The van der Waals surface area contributed by atoms with Crippen molar-refractivity contribution in [1.82, 2.24) is 20.2 Å². The molecule has 3 amide bonds. The average molecular weight is 495 g/mol. The summed E-state index contributed by atoms with van der Waals surface area (Å²) in [5.41, 5.74) is 1.81. The van der Waals surface area contributed by atoms with Crippen LogP contribution in [0.1, 0.15) is 44.1 Å². The smallest absolute Gasteiger partial charge is 0.319 e. The van der Waals surface area contributed by atoms with E-state index in [-0.39, 0.29) is 36.2 Å². The summed E-state index contributed by atoms with van der Waals surface area (Å²) in [4.78, 5) is 39.1. The number of hydrogen-bond acceptors (Lipinski definition) is 7. The van der Waals surface area contributed by atoms with Crippen molar-refractivity contribution in [3.05, 3.63) is 36.0 Å². The summed E-state index contributed by atoms with van der Waals surface area (Å²) in [5.74, 6) is 1.05. The van der Waals surface area contributed by atoms with Crippen molar-refractivity contribution in [2.24, 2.45) is 0 Å². The van der Waals surface area contributed by atoms with Crippen molar-refractivity contribution in [2.45, 2.75) is 57.9 Å². The quantitative estimate of drug-likeness (QED) is 0.658. The highest BCUT2D eigenvalue weighted by Gasteiger charge is 2.29. The molecular formula is C26H34N6O4. The van der Waals surface area contributed by atoms with Crippen LogP contribution in [0.4, 0.5) is 16.3 Å². The number of ether oxygens (including phenoxy) is 2. The van der Waals surface area contributed by atoms with E-state index in [4.69, 9.17) is 14.5 Å². The van der Waals surface area contributed by atoms with Gasteiger partial charge in [0.15, 0.2) is 5.82 Å². The Morgan fingerprint density at radius 2 is 1.75 bits per heavy atom. The molecule has 1 saturated carbocycles. The molecule has 2 saturated heterocycles. The van der Waals surface area contributed by atoms with Crippen LogP contribution >= 0.6 is 0 Å². The van der Waals surface area contributed by atoms with Gasteiger partial charge in [0.25, 0.3) is 5.91 Å². The number of nitrogens with zero attached hydrogens (tertiary/aromatic N) is 4. The molecule has 10 heteroatoms. The molecule has 2 aromatic rings. The molecule has 5 rings (SSSR count). The number of nitrogens with one attached hydrogen (secondary N) is 2. The zero-order valence-electron chi connectivity index (χ0n) is 21.1. The molecule has 2 aliphatic heterocycles. The summed E-state index contributed by atoms with van der Waals surface area (Å²) in [5, 5.41) is 5.77. The minimum absolute atomic E-state index is 0.0325. The molecule has 0 bridgehead atoms. The summed E-state index contributed by atoms with van der Waals surface area (Å²) in [6, 6.07) is 9.37. The first-order chi connectivity index (χ1) is 17.4. The molecule has 1 aliphatic carbocycles. The third-order valence-electron chi connectivity index (χ3n) is 6.61. The normalized spacial score (nSPS) is 24.4. The predicted molar refractivity (Wildman–Crippen MR) is 136 cm³/mol. The molecule has 0 radical (unpaired) electrons. The standard InChI is InChI=1S/C26H34N6O4/c1-16-15-35-11-10-32(16)23-12-22(25(33)31-13-17(2)36-18(3)14-31)29-24(30-23)19-4-6-20(7-5-19)27-26(34)28-21-8-9-21/h4-7,12,16-18,21H,8-11,13-15H2,1-3H3,(H2,27,28,34)/t16-,17-,18+/m0/s1. The molecule has 0 spiro atoms. The molecule has 3 aliphatic rings. The molecular weight excluding hydrogens is 460 g/mol. The minimum Gasteiger partial charge on any atom is -0.377 e. The van der Waals surface area contributed by atoms with Crippen LogP contribution in [0.3, 0.4) is 0 Å². The van der Waals surface area contributed by atoms with Gasteiger partial charge < -0.3 is 29.9 Å². The maximum absolute atomic E-state index is 13.5. The molecule has 3 fully saturated rings. The van der Waals surface area contributed by atoms with E-state index in [2.05, 4.69) is 27.4 Å². The third-order valence-corrected chi connectivity index (χ3v) is 6.61. The predicted octanol–water partition coefficient (Wildman–Crippen LogP) is 2.90. The van der Waals surface area contributed by atoms with E-state index in [1.807, 2.05) is 43.0 Å². The van der Waals surface area contributed by atoms with Crippen molar-refractivity contribution in [1.29, 1.82) is 0 Å². The Hall–Kier alpha value is -3.24. The first kappa shape index (κ1) is 24.5. The molecule has 10 nitrogen and oxygen atoms in total. The maximum atomic E-state index is 13.5. The van der Waals surface area contributed by atoms with Crippen LogP contribution in [-0.2, 0) is 9.47 Å². The van der Waals surface area contributed by atoms with Crippen LogP contribution in [0.15, 0.2) is 30.3 Å². The van der Waals surface area contributed by atoms with Crippen molar-refractivity contribution < 1.29 is 19.1 Å². The fourth-order valence-corrected chi connectivity index (χ4v) is 4.68. The van der Waals surface area contributed by atoms with E-state index in [1.54, 1.807) is 6.07 Å². The van der Waals surface area contributed by atoms with Gasteiger partial charge in [0.05, 0.1) is 31.5 Å². The third kappa shape index (κ3) is 5.76. The fraction of sp³-hybridized carbons (Fsp3) is 0.538. The zero-order valence-corrected chi connectivity index (χ0v) is 21.1. The lowest BCUT2D eigenvalue weighted by Crippen LogP contribution is -2.48. The molecule has 0 unspecified atom stereocenters. The summed E-state index contributed by atoms with van der Waals surface area (Å²) < 4.78 is 11.4. The number of amides is 3. The van der Waals surface area contributed by atoms with Crippen molar-refractivity contribution in [2.75, 3.05) is 43.1 Å². The van der Waals surface area contributed by atoms with E-state index in [9.17, 15) is 9.59 Å². The summed E-state index contributed by atoms with van der Waals surface area (Å²) >= 11 is 0. The van der Waals surface area contributed by atoms with Gasteiger partial charge in [-0.3, -0.25) is 4.79 Å². The van der Waals surface area contributed by atoms with Crippen LogP contribution in [-0.4, -0.2) is 83.9 Å². The summed E-state index contributed by atoms with van der Waals surface area (Å²) in [7, 11) is 0. The number of benzene rings is 1. The number of carbonyl (C=O) groups is 2. The van der Waals surface area contributed by atoms with E-state index in [0.717, 1.165) is 18.4 Å². The Labute approximate surface area is 211 Å². The van der Waals surface area contributed by atoms with E-state index in [1.165, 1.54) is 0 Å². The van der Waals surface area contributed by atoms with Gasteiger partial charge in [-0.15, -0.1) is 0 Å².